The van der Waals surface area contributed by atoms with Gasteiger partial charge in [0, 0.05) is 45.6 Å². The second-order valence-corrected chi connectivity index (χ2v) is 11.6. The lowest BCUT2D eigenvalue weighted by Crippen LogP contribution is -2.58. The zero-order valence-corrected chi connectivity index (χ0v) is 20.6. The van der Waals surface area contributed by atoms with Gasteiger partial charge in [0.15, 0.2) is 0 Å². The van der Waals surface area contributed by atoms with E-state index in [2.05, 4.69) is 15.4 Å². The Kier molecular flexibility index (Phi) is 7.37. The molecule has 1 aliphatic rings. The zero-order chi connectivity index (χ0) is 24.4. The van der Waals surface area contributed by atoms with Gasteiger partial charge in [0.25, 0.3) is 5.91 Å². The Morgan fingerprint density at radius 1 is 1.18 bits per heavy atom. The van der Waals surface area contributed by atoms with Crippen molar-refractivity contribution >= 4 is 21.6 Å². The predicted molar refractivity (Wildman–Crippen MR) is 127 cm³/mol. The van der Waals surface area contributed by atoms with Crippen molar-refractivity contribution in [1.82, 2.24) is 24.7 Å². The molecular formula is C22H33N7O3S. The van der Waals surface area contributed by atoms with Gasteiger partial charge < -0.3 is 5.73 Å². The van der Waals surface area contributed by atoms with Gasteiger partial charge in [0.05, 0.1) is 16.1 Å². The average Bonchev–Trinajstić information content (AvgIpc) is 2.76. The smallest absolute Gasteiger partial charge is 0.274 e. The average molecular weight is 476 g/mol. The number of hydrogen-bond acceptors (Lipinski definition) is 8. The van der Waals surface area contributed by atoms with E-state index in [9.17, 15) is 13.2 Å². The van der Waals surface area contributed by atoms with E-state index in [1.165, 1.54) is 37.1 Å². The van der Waals surface area contributed by atoms with E-state index in [0.717, 1.165) is 18.4 Å². The summed E-state index contributed by atoms with van der Waals surface area (Å²) in [7, 11) is -0.712. The van der Waals surface area contributed by atoms with Crippen molar-refractivity contribution in [2.24, 2.45) is 5.73 Å². The van der Waals surface area contributed by atoms with Crippen molar-refractivity contribution in [3.8, 4) is 0 Å². The number of amides is 1. The molecule has 33 heavy (non-hydrogen) atoms. The molecule has 1 aromatic heterocycles. The first kappa shape index (κ1) is 25.0. The van der Waals surface area contributed by atoms with Crippen molar-refractivity contribution in [3.05, 3.63) is 48.0 Å². The molecule has 1 saturated heterocycles. The van der Waals surface area contributed by atoms with Gasteiger partial charge in [-0.3, -0.25) is 4.79 Å². The first-order chi connectivity index (χ1) is 15.4. The van der Waals surface area contributed by atoms with Crippen LogP contribution in [0.1, 0.15) is 49.5 Å². The van der Waals surface area contributed by atoms with E-state index in [0.29, 0.717) is 18.8 Å². The number of nitrogens with one attached hydrogen (secondary N) is 1. The summed E-state index contributed by atoms with van der Waals surface area (Å²) in [6.07, 6.45) is 5.94. The standard InChI is InChI=1S/C22H33N7O3S/c1-22(2,3)17-9-19(11-20(10-17)33(31,32)27(4)5)29(28-8-6-7-18(23)14-28)26-21(30)16-12-24-15-25-13-16/h9-13,15,18H,6-8,14,23H2,1-5H3,(H,26,30)/t18-/m0/s1. The fraction of sp³-hybridized carbons (Fsp3) is 0.500. The highest BCUT2D eigenvalue weighted by Crippen LogP contribution is 2.31. The van der Waals surface area contributed by atoms with Crippen molar-refractivity contribution in [3.63, 3.8) is 0 Å². The molecule has 0 radical (unpaired) electrons. The number of hydrogen-bond donors (Lipinski definition) is 2. The van der Waals surface area contributed by atoms with Crippen molar-refractivity contribution < 1.29 is 13.2 Å². The number of benzene rings is 1. The summed E-state index contributed by atoms with van der Waals surface area (Å²) in [5, 5.41) is 3.54. The summed E-state index contributed by atoms with van der Waals surface area (Å²) in [5.74, 6) is -0.409. The maximum absolute atomic E-state index is 13.0. The molecule has 11 heteroatoms. The topological polar surface area (TPSA) is 125 Å². The molecule has 2 heterocycles. The molecule has 0 bridgehead atoms. The molecule has 1 aromatic carbocycles. The van der Waals surface area contributed by atoms with Crippen molar-refractivity contribution in [1.29, 1.82) is 0 Å². The number of hydrazine groups is 2. The molecule has 1 atom stereocenters. The molecule has 10 nitrogen and oxygen atoms in total. The van der Waals surface area contributed by atoms with Crippen LogP contribution >= 0.6 is 0 Å². The first-order valence-corrected chi connectivity index (χ1v) is 12.3. The number of aromatic nitrogens is 2. The van der Waals surface area contributed by atoms with E-state index in [-0.39, 0.29) is 21.9 Å². The first-order valence-electron chi connectivity index (χ1n) is 10.8. The number of nitrogens with two attached hydrogens (primary N) is 1. The van der Waals surface area contributed by atoms with Crippen LogP contribution in [0.4, 0.5) is 5.69 Å². The fourth-order valence-electron chi connectivity index (χ4n) is 3.54. The highest BCUT2D eigenvalue weighted by molar-refractivity contribution is 7.89. The molecule has 2 aromatic rings. The molecule has 0 aliphatic carbocycles. The van der Waals surface area contributed by atoms with Gasteiger partial charge in [0.1, 0.15) is 6.33 Å². The molecule has 3 N–H and O–H groups in total. The van der Waals surface area contributed by atoms with Crippen LogP contribution in [0.2, 0.25) is 0 Å². The van der Waals surface area contributed by atoms with Crippen LogP contribution in [0, 0.1) is 0 Å². The maximum atomic E-state index is 13.0. The zero-order valence-electron chi connectivity index (χ0n) is 19.8. The Morgan fingerprint density at radius 2 is 1.85 bits per heavy atom. The van der Waals surface area contributed by atoms with Crippen LogP contribution < -0.4 is 16.3 Å². The summed E-state index contributed by atoms with van der Waals surface area (Å²) in [6, 6.07) is 5.10. The van der Waals surface area contributed by atoms with E-state index < -0.39 is 15.9 Å². The Bertz CT molecular complexity index is 1080. The molecule has 0 spiro atoms. The molecule has 1 aliphatic heterocycles. The molecule has 0 unspecified atom stereocenters. The Morgan fingerprint density at radius 3 is 2.42 bits per heavy atom. The second kappa shape index (κ2) is 9.72. The van der Waals surface area contributed by atoms with Crippen molar-refractivity contribution in [2.45, 2.75) is 50.0 Å². The van der Waals surface area contributed by atoms with Crippen molar-refractivity contribution in [2.75, 3.05) is 32.3 Å². The number of piperidine rings is 1. The van der Waals surface area contributed by atoms with E-state index >= 15 is 0 Å². The summed E-state index contributed by atoms with van der Waals surface area (Å²) < 4.78 is 27.2. The van der Waals surface area contributed by atoms with Gasteiger partial charge in [-0.05, 0) is 42.0 Å². The van der Waals surface area contributed by atoms with Gasteiger partial charge in [-0.15, -0.1) is 0 Å². The van der Waals surface area contributed by atoms with Gasteiger partial charge >= 0.3 is 0 Å². The number of sulfonamides is 1. The number of nitrogens with zero attached hydrogens (tertiary/aromatic N) is 5. The highest BCUT2D eigenvalue weighted by atomic mass is 32.2. The normalized spacial score (nSPS) is 17.7. The van der Waals surface area contributed by atoms with Crippen LogP contribution in [-0.2, 0) is 15.4 Å². The van der Waals surface area contributed by atoms with E-state index in [1.54, 1.807) is 17.3 Å². The quantitative estimate of drug-likeness (QED) is 0.603. The minimum absolute atomic E-state index is 0.0611. The van der Waals surface area contributed by atoms with Gasteiger partial charge in [-0.2, -0.15) is 0 Å². The summed E-state index contributed by atoms with van der Waals surface area (Å²) >= 11 is 0. The number of carbonyl (C=O) groups is 1. The van der Waals surface area contributed by atoms with Crippen LogP contribution in [0.25, 0.3) is 0 Å². The monoisotopic (exact) mass is 475 g/mol. The van der Waals surface area contributed by atoms with Gasteiger partial charge in [0.2, 0.25) is 10.0 Å². The molecule has 180 valence electrons. The third kappa shape index (κ3) is 5.85. The predicted octanol–water partition coefficient (Wildman–Crippen LogP) is 1.51. The lowest BCUT2D eigenvalue weighted by atomic mass is 9.87. The minimum Gasteiger partial charge on any atom is -0.326 e. The lowest BCUT2D eigenvalue weighted by Gasteiger charge is -2.41. The van der Waals surface area contributed by atoms with E-state index in [1.807, 2.05) is 31.8 Å². The molecule has 1 amide bonds. The number of anilines is 1. The third-order valence-electron chi connectivity index (χ3n) is 5.53. The largest absolute Gasteiger partial charge is 0.326 e. The highest BCUT2D eigenvalue weighted by Gasteiger charge is 2.29. The minimum atomic E-state index is -3.71. The summed E-state index contributed by atoms with van der Waals surface area (Å²) in [5.41, 5.74) is 10.4. The maximum Gasteiger partial charge on any atom is 0.274 e. The summed E-state index contributed by atoms with van der Waals surface area (Å²) in [6.45, 7) is 7.22. The summed E-state index contributed by atoms with van der Waals surface area (Å²) in [4.78, 5) is 21.0. The third-order valence-corrected chi connectivity index (χ3v) is 7.32. The Hall–Kier alpha value is -2.60. The van der Waals surface area contributed by atoms with Crippen LogP contribution in [0.5, 0.6) is 0 Å². The Balaban J connectivity index is 2.12. The lowest BCUT2D eigenvalue weighted by molar-refractivity contribution is 0.0879. The molecule has 3 rings (SSSR count). The van der Waals surface area contributed by atoms with Crippen LogP contribution in [0.15, 0.2) is 41.8 Å². The van der Waals surface area contributed by atoms with Gasteiger partial charge in [-0.25, -0.2) is 38.2 Å². The number of carbonyl (C=O) groups excluding carboxylic acids is 1. The molecule has 0 saturated carbocycles. The second-order valence-electron chi connectivity index (χ2n) is 9.45. The van der Waals surface area contributed by atoms with Crippen LogP contribution in [0.3, 0.4) is 0 Å². The fourth-order valence-corrected chi connectivity index (χ4v) is 4.51. The number of rotatable bonds is 6. The van der Waals surface area contributed by atoms with Gasteiger partial charge in [-0.1, -0.05) is 20.8 Å². The van der Waals surface area contributed by atoms with Crippen LogP contribution in [-0.4, -0.2) is 66.8 Å². The Labute approximate surface area is 195 Å². The molecular weight excluding hydrogens is 442 g/mol. The van der Waals surface area contributed by atoms with E-state index in [4.69, 9.17) is 5.73 Å². The molecule has 1 fully saturated rings. The SMILES string of the molecule is CN(C)S(=O)(=O)c1cc(N(NC(=O)c2cncnc2)N2CCC[C@H](N)C2)cc(C(C)(C)C)c1.